The molecule has 2 aliphatic rings. The molecule has 23 heavy (non-hydrogen) atoms. The van der Waals surface area contributed by atoms with Gasteiger partial charge < -0.3 is 15.2 Å². The molecule has 1 saturated heterocycles. The average Bonchev–Trinajstić information content (AvgIpc) is 2.98. The Kier molecular flexibility index (Phi) is 5.24. The van der Waals surface area contributed by atoms with Gasteiger partial charge in [0, 0.05) is 30.7 Å². The lowest BCUT2D eigenvalue weighted by atomic mass is 9.73. The predicted molar refractivity (Wildman–Crippen MR) is 89.5 cm³/mol. The molecule has 2 fully saturated rings. The van der Waals surface area contributed by atoms with Crippen LogP contribution < -0.4 is 5.32 Å². The van der Waals surface area contributed by atoms with Gasteiger partial charge in [0.1, 0.15) is 0 Å². The largest absolute Gasteiger partial charge is 0.393 e. The maximum Gasteiger partial charge on any atom is 0.230 e. The summed E-state index contributed by atoms with van der Waals surface area (Å²) in [7, 11) is 0. The van der Waals surface area contributed by atoms with Gasteiger partial charge in [-0.2, -0.15) is 0 Å². The number of hydrogen-bond acceptors (Lipinski definition) is 3. The molecule has 0 spiro atoms. The third-order valence-corrected chi connectivity index (χ3v) is 5.54. The standard InChI is InChI=1S/C18H24ClNO3/c19-15-5-2-4-14(11-15)18(7-9-23-10-8-18)17(22)20-12-13-3-1-6-16(13)21/h2,4-5,11,13,16,21H,1,3,6-10,12H2,(H,20,22). The number of ether oxygens (including phenoxy) is 1. The molecule has 126 valence electrons. The minimum Gasteiger partial charge on any atom is -0.393 e. The fourth-order valence-corrected chi connectivity index (χ4v) is 3.99. The Morgan fingerprint density at radius 1 is 1.35 bits per heavy atom. The van der Waals surface area contributed by atoms with Gasteiger partial charge >= 0.3 is 0 Å². The van der Waals surface area contributed by atoms with Crippen molar-refractivity contribution in [3.05, 3.63) is 34.9 Å². The van der Waals surface area contributed by atoms with E-state index < -0.39 is 5.41 Å². The maximum absolute atomic E-state index is 13.0. The molecule has 1 aromatic carbocycles. The maximum atomic E-state index is 13.0. The van der Waals surface area contributed by atoms with Crippen LogP contribution in [0.1, 0.15) is 37.7 Å². The van der Waals surface area contributed by atoms with Crippen LogP contribution in [0.4, 0.5) is 0 Å². The fourth-order valence-electron chi connectivity index (χ4n) is 3.80. The third-order valence-electron chi connectivity index (χ3n) is 5.30. The number of nitrogens with one attached hydrogen (secondary N) is 1. The molecule has 1 amide bonds. The van der Waals surface area contributed by atoms with Crippen molar-refractivity contribution < 1.29 is 14.6 Å². The summed E-state index contributed by atoms with van der Waals surface area (Å²) in [6.45, 7) is 1.70. The first kappa shape index (κ1) is 16.7. The molecule has 3 rings (SSSR count). The summed E-state index contributed by atoms with van der Waals surface area (Å²) in [5, 5.41) is 13.7. The van der Waals surface area contributed by atoms with E-state index >= 15 is 0 Å². The van der Waals surface area contributed by atoms with Crippen molar-refractivity contribution in [1.82, 2.24) is 5.32 Å². The van der Waals surface area contributed by atoms with Gasteiger partial charge in [0.25, 0.3) is 0 Å². The first-order valence-corrected chi connectivity index (χ1v) is 8.80. The van der Waals surface area contributed by atoms with E-state index in [4.69, 9.17) is 16.3 Å². The van der Waals surface area contributed by atoms with Crippen molar-refractivity contribution in [3.8, 4) is 0 Å². The molecule has 1 aromatic rings. The Bertz CT molecular complexity index is 557. The number of benzene rings is 1. The van der Waals surface area contributed by atoms with Crippen LogP contribution in [0.2, 0.25) is 5.02 Å². The molecule has 4 nitrogen and oxygen atoms in total. The summed E-state index contributed by atoms with van der Waals surface area (Å²) in [6.07, 6.45) is 3.89. The minimum atomic E-state index is -0.577. The number of carbonyl (C=O) groups excluding carboxylic acids is 1. The van der Waals surface area contributed by atoms with Gasteiger partial charge in [-0.05, 0) is 43.4 Å². The van der Waals surface area contributed by atoms with Crippen molar-refractivity contribution in [2.24, 2.45) is 5.92 Å². The molecule has 1 saturated carbocycles. The third kappa shape index (κ3) is 3.54. The number of amides is 1. The highest BCUT2D eigenvalue weighted by atomic mass is 35.5. The summed E-state index contributed by atoms with van der Waals surface area (Å²) in [6, 6.07) is 7.58. The zero-order valence-corrected chi connectivity index (χ0v) is 14.0. The SMILES string of the molecule is O=C(NCC1CCCC1O)C1(c2cccc(Cl)c2)CCOCC1. The lowest BCUT2D eigenvalue weighted by Crippen LogP contribution is -2.49. The Labute approximate surface area is 142 Å². The Balaban J connectivity index is 1.76. The Hall–Kier alpha value is -1.10. The van der Waals surface area contributed by atoms with Crippen LogP contribution in [0.3, 0.4) is 0 Å². The van der Waals surface area contributed by atoms with E-state index in [2.05, 4.69) is 5.32 Å². The number of carbonyl (C=O) groups is 1. The molecule has 2 N–H and O–H groups in total. The first-order chi connectivity index (χ1) is 11.1. The zero-order chi connectivity index (χ0) is 16.3. The number of halogens is 1. The molecule has 1 aliphatic heterocycles. The molecular weight excluding hydrogens is 314 g/mol. The number of aliphatic hydroxyl groups excluding tert-OH is 1. The quantitative estimate of drug-likeness (QED) is 0.888. The monoisotopic (exact) mass is 337 g/mol. The van der Waals surface area contributed by atoms with Crippen LogP contribution in [-0.4, -0.2) is 36.9 Å². The van der Waals surface area contributed by atoms with Gasteiger partial charge in [-0.25, -0.2) is 0 Å². The normalized spacial score (nSPS) is 26.9. The summed E-state index contributed by atoms with van der Waals surface area (Å²) >= 11 is 6.13. The number of hydrogen-bond donors (Lipinski definition) is 2. The molecule has 5 heteroatoms. The fraction of sp³-hybridized carbons (Fsp3) is 0.611. The summed E-state index contributed by atoms with van der Waals surface area (Å²) in [4.78, 5) is 13.0. The Morgan fingerprint density at radius 2 is 2.13 bits per heavy atom. The predicted octanol–water partition coefficient (Wildman–Crippen LogP) is 2.67. The number of rotatable bonds is 4. The van der Waals surface area contributed by atoms with E-state index in [1.807, 2.05) is 24.3 Å². The van der Waals surface area contributed by atoms with E-state index in [9.17, 15) is 9.90 Å². The zero-order valence-electron chi connectivity index (χ0n) is 13.3. The van der Waals surface area contributed by atoms with Crippen molar-refractivity contribution in [1.29, 1.82) is 0 Å². The van der Waals surface area contributed by atoms with Gasteiger partial charge in [-0.15, -0.1) is 0 Å². The molecular formula is C18H24ClNO3. The molecule has 2 atom stereocenters. The van der Waals surface area contributed by atoms with Gasteiger partial charge in [0.15, 0.2) is 0 Å². The Morgan fingerprint density at radius 3 is 2.78 bits per heavy atom. The van der Waals surface area contributed by atoms with Crippen molar-refractivity contribution in [2.45, 2.75) is 43.6 Å². The lowest BCUT2D eigenvalue weighted by Gasteiger charge is -2.36. The van der Waals surface area contributed by atoms with Crippen LogP contribution in [0.15, 0.2) is 24.3 Å². The van der Waals surface area contributed by atoms with E-state index in [1.54, 1.807) is 0 Å². The van der Waals surface area contributed by atoms with Crippen LogP contribution in [0.25, 0.3) is 0 Å². The smallest absolute Gasteiger partial charge is 0.230 e. The van der Waals surface area contributed by atoms with E-state index in [-0.39, 0.29) is 17.9 Å². The second kappa shape index (κ2) is 7.20. The van der Waals surface area contributed by atoms with Crippen LogP contribution in [-0.2, 0) is 14.9 Å². The summed E-state index contributed by atoms with van der Waals surface area (Å²) in [5.74, 6) is 0.206. The van der Waals surface area contributed by atoms with Crippen LogP contribution in [0, 0.1) is 5.92 Å². The molecule has 1 aliphatic carbocycles. The second-order valence-corrected chi connectivity index (χ2v) is 7.11. The van der Waals surface area contributed by atoms with E-state index in [0.29, 0.717) is 37.6 Å². The topological polar surface area (TPSA) is 58.6 Å². The molecule has 0 radical (unpaired) electrons. The first-order valence-electron chi connectivity index (χ1n) is 8.42. The van der Waals surface area contributed by atoms with Crippen LogP contribution in [0.5, 0.6) is 0 Å². The molecule has 2 unspecified atom stereocenters. The van der Waals surface area contributed by atoms with Gasteiger partial charge in [-0.3, -0.25) is 4.79 Å². The average molecular weight is 338 g/mol. The second-order valence-electron chi connectivity index (χ2n) is 6.67. The van der Waals surface area contributed by atoms with Gasteiger partial charge in [0.2, 0.25) is 5.91 Å². The minimum absolute atomic E-state index is 0.0298. The molecule has 0 bridgehead atoms. The molecule has 0 aromatic heterocycles. The van der Waals surface area contributed by atoms with Crippen molar-refractivity contribution in [2.75, 3.05) is 19.8 Å². The van der Waals surface area contributed by atoms with E-state index in [1.165, 1.54) is 0 Å². The van der Waals surface area contributed by atoms with Crippen LogP contribution >= 0.6 is 11.6 Å². The summed E-state index contributed by atoms with van der Waals surface area (Å²) < 4.78 is 5.47. The van der Waals surface area contributed by atoms with Crippen molar-refractivity contribution in [3.63, 3.8) is 0 Å². The summed E-state index contributed by atoms with van der Waals surface area (Å²) in [5.41, 5.74) is 0.380. The van der Waals surface area contributed by atoms with Gasteiger partial charge in [-0.1, -0.05) is 30.2 Å². The number of aliphatic hydroxyl groups is 1. The highest BCUT2D eigenvalue weighted by Crippen LogP contribution is 2.36. The highest BCUT2D eigenvalue weighted by molar-refractivity contribution is 6.30. The highest BCUT2D eigenvalue weighted by Gasteiger charge is 2.42. The van der Waals surface area contributed by atoms with Gasteiger partial charge in [0.05, 0.1) is 11.5 Å². The van der Waals surface area contributed by atoms with Crippen molar-refractivity contribution >= 4 is 17.5 Å². The molecule has 1 heterocycles. The van der Waals surface area contributed by atoms with E-state index in [0.717, 1.165) is 24.8 Å². The lowest BCUT2D eigenvalue weighted by molar-refractivity contribution is -0.130.